The smallest absolute Gasteiger partial charge is 0.239 e. The summed E-state index contributed by atoms with van der Waals surface area (Å²) in [7, 11) is 1.85. The van der Waals surface area contributed by atoms with E-state index in [1.807, 2.05) is 7.05 Å². The van der Waals surface area contributed by atoms with Gasteiger partial charge in [-0.25, -0.2) is 0 Å². The lowest BCUT2D eigenvalue weighted by molar-refractivity contribution is -0.135. The Morgan fingerprint density at radius 2 is 2.12 bits per heavy atom. The second-order valence-electron chi connectivity index (χ2n) is 5.14. The number of aliphatic hydroxyl groups excluding tert-OH is 1. The molecule has 1 saturated heterocycles. The molecule has 0 spiro atoms. The van der Waals surface area contributed by atoms with Crippen LogP contribution in [0.2, 0.25) is 0 Å². The zero-order valence-corrected chi connectivity index (χ0v) is 10.9. The molecule has 1 rings (SSSR count). The van der Waals surface area contributed by atoms with Crippen molar-refractivity contribution in [3.05, 3.63) is 0 Å². The van der Waals surface area contributed by atoms with E-state index in [-0.39, 0.29) is 24.1 Å². The van der Waals surface area contributed by atoms with Gasteiger partial charge in [0.1, 0.15) is 0 Å². The molecule has 4 heteroatoms. The van der Waals surface area contributed by atoms with Crippen molar-refractivity contribution in [1.29, 1.82) is 0 Å². The molecule has 0 saturated carbocycles. The SMILES string of the molecule is CCN1C(CCO)C(=O)N(C)CCC1(C)C. The summed E-state index contributed by atoms with van der Waals surface area (Å²) in [5.41, 5.74) is 0.0228. The third kappa shape index (κ3) is 2.55. The van der Waals surface area contributed by atoms with E-state index in [4.69, 9.17) is 5.11 Å². The van der Waals surface area contributed by atoms with Crippen LogP contribution >= 0.6 is 0 Å². The van der Waals surface area contributed by atoms with Gasteiger partial charge < -0.3 is 10.0 Å². The average Bonchev–Trinajstić information content (AvgIpc) is 2.30. The van der Waals surface area contributed by atoms with Gasteiger partial charge >= 0.3 is 0 Å². The van der Waals surface area contributed by atoms with Gasteiger partial charge in [-0.15, -0.1) is 0 Å². The molecule has 16 heavy (non-hydrogen) atoms. The Hall–Kier alpha value is -0.610. The summed E-state index contributed by atoms with van der Waals surface area (Å²) in [6.45, 7) is 8.13. The molecular weight excluding hydrogens is 204 g/mol. The highest BCUT2D eigenvalue weighted by Gasteiger charge is 2.39. The maximum absolute atomic E-state index is 12.2. The van der Waals surface area contributed by atoms with Gasteiger partial charge in [-0.2, -0.15) is 0 Å². The number of rotatable bonds is 3. The summed E-state index contributed by atoms with van der Waals surface area (Å²) >= 11 is 0. The average molecular weight is 228 g/mol. The fourth-order valence-electron chi connectivity index (χ4n) is 2.55. The normalized spacial score (nSPS) is 26.9. The fourth-order valence-corrected chi connectivity index (χ4v) is 2.55. The molecule has 1 aliphatic rings. The highest BCUT2D eigenvalue weighted by Crippen LogP contribution is 2.27. The van der Waals surface area contributed by atoms with Crippen molar-refractivity contribution in [2.45, 2.75) is 45.2 Å². The van der Waals surface area contributed by atoms with Crippen molar-refractivity contribution in [2.24, 2.45) is 0 Å². The van der Waals surface area contributed by atoms with Crippen LogP contribution in [0.5, 0.6) is 0 Å². The Morgan fingerprint density at radius 1 is 1.50 bits per heavy atom. The Labute approximate surface area is 98.2 Å². The highest BCUT2D eigenvalue weighted by molar-refractivity contribution is 5.82. The summed E-state index contributed by atoms with van der Waals surface area (Å²) in [6, 6.07) is -0.169. The number of hydrogen-bond donors (Lipinski definition) is 1. The third-order valence-electron chi connectivity index (χ3n) is 3.62. The number of carbonyl (C=O) groups excluding carboxylic acids is 1. The topological polar surface area (TPSA) is 43.8 Å². The molecule has 0 bridgehead atoms. The van der Waals surface area contributed by atoms with Gasteiger partial charge in [-0.3, -0.25) is 9.69 Å². The fraction of sp³-hybridized carbons (Fsp3) is 0.917. The predicted octanol–water partition coefficient (Wildman–Crippen LogP) is 0.700. The monoisotopic (exact) mass is 228 g/mol. The van der Waals surface area contributed by atoms with Crippen LogP contribution in [0.3, 0.4) is 0 Å². The van der Waals surface area contributed by atoms with Crippen LogP contribution in [-0.2, 0) is 4.79 Å². The second kappa shape index (κ2) is 5.15. The Morgan fingerprint density at radius 3 is 2.62 bits per heavy atom. The Bertz CT molecular complexity index is 253. The van der Waals surface area contributed by atoms with Crippen molar-refractivity contribution in [1.82, 2.24) is 9.80 Å². The van der Waals surface area contributed by atoms with Gasteiger partial charge in [0.2, 0.25) is 5.91 Å². The minimum absolute atomic E-state index is 0.0228. The summed E-state index contributed by atoms with van der Waals surface area (Å²) in [5.74, 6) is 0.140. The van der Waals surface area contributed by atoms with E-state index in [1.54, 1.807) is 4.90 Å². The molecule has 0 aliphatic carbocycles. The Balaban J connectivity index is 2.98. The van der Waals surface area contributed by atoms with E-state index >= 15 is 0 Å². The summed E-state index contributed by atoms with van der Waals surface area (Å²) < 4.78 is 0. The van der Waals surface area contributed by atoms with Crippen LogP contribution in [0.4, 0.5) is 0 Å². The van der Waals surface area contributed by atoms with Gasteiger partial charge in [-0.1, -0.05) is 6.92 Å². The number of amides is 1. The first-order valence-corrected chi connectivity index (χ1v) is 6.06. The molecule has 1 aliphatic heterocycles. The third-order valence-corrected chi connectivity index (χ3v) is 3.62. The maximum Gasteiger partial charge on any atom is 0.239 e. The first kappa shape index (κ1) is 13.5. The van der Waals surface area contributed by atoms with E-state index in [1.165, 1.54) is 0 Å². The van der Waals surface area contributed by atoms with Crippen molar-refractivity contribution < 1.29 is 9.90 Å². The molecule has 0 radical (unpaired) electrons. The van der Waals surface area contributed by atoms with Gasteiger partial charge in [0.05, 0.1) is 6.04 Å². The lowest BCUT2D eigenvalue weighted by atomic mass is 9.96. The molecule has 0 aromatic carbocycles. The first-order valence-electron chi connectivity index (χ1n) is 6.06. The van der Waals surface area contributed by atoms with E-state index in [2.05, 4.69) is 25.7 Å². The zero-order valence-electron chi connectivity index (χ0n) is 10.9. The minimum atomic E-state index is -0.169. The van der Waals surface area contributed by atoms with E-state index in [9.17, 15) is 4.79 Å². The maximum atomic E-state index is 12.2. The van der Waals surface area contributed by atoms with Crippen LogP contribution in [-0.4, -0.2) is 59.1 Å². The van der Waals surface area contributed by atoms with Gasteiger partial charge in [0.25, 0.3) is 0 Å². The Kier molecular flexibility index (Phi) is 4.33. The van der Waals surface area contributed by atoms with Crippen molar-refractivity contribution in [3.63, 3.8) is 0 Å². The molecule has 1 unspecified atom stereocenters. The number of likely N-dealkylation sites (N-methyl/N-ethyl adjacent to an activating group) is 2. The van der Waals surface area contributed by atoms with Crippen LogP contribution in [0.15, 0.2) is 0 Å². The number of hydrogen-bond acceptors (Lipinski definition) is 3. The summed E-state index contributed by atoms with van der Waals surface area (Å²) in [6.07, 6.45) is 1.51. The molecule has 0 aromatic rings. The molecule has 94 valence electrons. The van der Waals surface area contributed by atoms with Crippen LogP contribution in [0.25, 0.3) is 0 Å². The van der Waals surface area contributed by atoms with Gasteiger partial charge in [-0.05, 0) is 33.2 Å². The lowest BCUT2D eigenvalue weighted by Gasteiger charge is -2.40. The molecular formula is C12H24N2O2. The quantitative estimate of drug-likeness (QED) is 0.773. The minimum Gasteiger partial charge on any atom is -0.396 e. The predicted molar refractivity (Wildman–Crippen MR) is 64.2 cm³/mol. The molecule has 1 N–H and O–H groups in total. The number of nitrogens with zero attached hydrogens (tertiary/aromatic N) is 2. The van der Waals surface area contributed by atoms with Crippen molar-refractivity contribution in [3.8, 4) is 0 Å². The van der Waals surface area contributed by atoms with Crippen LogP contribution in [0, 0.1) is 0 Å². The zero-order chi connectivity index (χ0) is 12.3. The van der Waals surface area contributed by atoms with Gasteiger partial charge in [0, 0.05) is 25.7 Å². The summed E-state index contributed by atoms with van der Waals surface area (Å²) in [5, 5.41) is 9.10. The number of carbonyl (C=O) groups is 1. The molecule has 1 amide bonds. The standard InChI is InChI=1S/C12H24N2O2/c1-5-14-10(6-9-15)11(16)13(4)8-7-12(14,2)3/h10,15H,5-9H2,1-4H3. The van der Waals surface area contributed by atoms with Crippen LogP contribution in [0.1, 0.15) is 33.6 Å². The van der Waals surface area contributed by atoms with Crippen molar-refractivity contribution in [2.75, 3.05) is 26.7 Å². The van der Waals surface area contributed by atoms with Crippen molar-refractivity contribution >= 4 is 5.91 Å². The first-order chi connectivity index (χ1) is 7.44. The van der Waals surface area contributed by atoms with E-state index in [0.29, 0.717) is 6.42 Å². The highest BCUT2D eigenvalue weighted by atomic mass is 16.3. The summed E-state index contributed by atoms with van der Waals surface area (Å²) in [4.78, 5) is 16.2. The van der Waals surface area contributed by atoms with E-state index in [0.717, 1.165) is 19.5 Å². The molecule has 0 aromatic heterocycles. The molecule has 1 heterocycles. The van der Waals surface area contributed by atoms with Gasteiger partial charge in [0.15, 0.2) is 0 Å². The lowest BCUT2D eigenvalue weighted by Crippen LogP contribution is -2.52. The number of aliphatic hydroxyl groups is 1. The largest absolute Gasteiger partial charge is 0.396 e. The van der Waals surface area contributed by atoms with E-state index < -0.39 is 0 Å². The van der Waals surface area contributed by atoms with Crippen LogP contribution < -0.4 is 0 Å². The molecule has 1 fully saturated rings. The molecule has 4 nitrogen and oxygen atoms in total. The molecule has 1 atom stereocenters. The second-order valence-corrected chi connectivity index (χ2v) is 5.14.